The number of nitrogens with zero attached hydrogens (tertiary/aromatic N) is 1. The van der Waals surface area contributed by atoms with E-state index in [0.717, 1.165) is 4.90 Å². The number of carbonyl (C=O) groups excluding carboxylic acids is 4. The molecule has 0 spiro atoms. The zero-order valence-corrected chi connectivity index (χ0v) is 15.5. The lowest BCUT2D eigenvalue weighted by atomic mass is 9.85. The SMILES string of the molecule is Cc1c(Cl)cccc1NC(=O)COC(=O)CN1C(=O)[C@H]2CC=CC[C@H]2C1=O. The topological polar surface area (TPSA) is 92.8 Å². The van der Waals surface area contributed by atoms with Gasteiger partial charge in [-0.15, -0.1) is 0 Å². The Kier molecular flexibility index (Phi) is 5.60. The Morgan fingerprint density at radius 1 is 1.19 bits per heavy atom. The lowest BCUT2D eigenvalue weighted by Gasteiger charge is -2.14. The van der Waals surface area contributed by atoms with E-state index in [4.69, 9.17) is 16.3 Å². The van der Waals surface area contributed by atoms with Crippen molar-refractivity contribution in [2.45, 2.75) is 19.8 Å². The zero-order valence-electron chi connectivity index (χ0n) is 14.7. The van der Waals surface area contributed by atoms with Crippen molar-refractivity contribution in [3.8, 4) is 0 Å². The van der Waals surface area contributed by atoms with Crippen molar-refractivity contribution in [1.29, 1.82) is 0 Å². The Balaban J connectivity index is 1.51. The van der Waals surface area contributed by atoms with Gasteiger partial charge in [0.2, 0.25) is 11.8 Å². The minimum Gasteiger partial charge on any atom is -0.454 e. The van der Waals surface area contributed by atoms with E-state index in [9.17, 15) is 19.2 Å². The second kappa shape index (κ2) is 7.92. The highest BCUT2D eigenvalue weighted by Crippen LogP contribution is 2.34. The van der Waals surface area contributed by atoms with Crippen molar-refractivity contribution in [2.24, 2.45) is 11.8 Å². The molecule has 2 atom stereocenters. The normalized spacial score (nSPS) is 21.2. The summed E-state index contributed by atoms with van der Waals surface area (Å²) in [6.45, 7) is 0.756. The van der Waals surface area contributed by atoms with Gasteiger partial charge in [-0.05, 0) is 37.5 Å². The van der Waals surface area contributed by atoms with Crippen LogP contribution in [0.3, 0.4) is 0 Å². The first-order valence-electron chi connectivity index (χ1n) is 8.59. The Bertz CT molecular complexity index is 809. The van der Waals surface area contributed by atoms with Gasteiger partial charge in [-0.3, -0.25) is 24.1 Å². The Labute approximate surface area is 161 Å². The van der Waals surface area contributed by atoms with Gasteiger partial charge in [-0.25, -0.2) is 0 Å². The van der Waals surface area contributed by atoms with Crippen LogP contribution in [0.4, 0.5) is 5.69 Å². The molecule has 3 amide bonds. The van der Waals surface area contributed by atoms with Gasteiger partial charge < -0.3 is 10.1 Å². The van der Waals surface area contributed by atoms with Crippen LogP contribution in [0.1, 0.15) is 18.4 Å². The van der Waals surface area contributed by atoms with Gasteiger partial charge in [-0.1, -0.05) is 29.8 Å². The molecule has 0 aromatic heterocycles. The van der Waals surface area contributed by atoms with Crippen LogP contribution in [-0.2, 0) is 23.9 Å². The number of likely N-dealkylation sites (tertiary alicyclic amines) is 1. The highest BCUT2D eigenvalue weighted by atomic mass is 35.5. The van der Waals surface area contributed by atoms with E-state index in [-0.39, 0.29) is 11.8 Å². The minimum absolute atomic E-state index is 0.356. The summed E-state index contributed by atoms with van der Waals surface area (Å²) in [5.74, 6) is -2.85. The fraction of sp³-hybridized carbons (Fsp3) is 0.368. The number of carbonyl (C=O) groups is 4. The predicted octanol–water partition coefficient (Wildman–Crippen LogP) is 2.08. The Morgan fingerprint density at radius 2 is 1.81 bits per heavy atom. The lowest BCUT2D eigenvalue weighted by Crippen LogP contribution is -2.37. The number of anilines is 1. The Hall–Kier alpha value is -2.67. The van der Waals surface area contributed by atoms with Gasteiger partial charge in [-0.2, -0.15) is 0 Å². The molecular weight excluding hydrogens is 372 g/mol. The number of rotatable bonds is 5. The quantitative estimate of drug-likeness (QED) is 0.472. The van der Waals surface area contributed by atoms with E-state index in [1.165, 1.54) is 0 Å². The number of imide groups is 1. The van der Waals surface area contributed by atoms with Gasteiger partial charge in [0.1, 0.15) is 6.54 Å². The molecule has 8 heteroatoms. The fourth-order valence-electron chi connectivity index (χ4n) is 3.27. The molecule has 1 N–H and O–H groups in total. The van der Waals surface area contributed by atoms with Gasteiger partial charge in [0.15, 0.2) is 6.61 Å². The summed E-state index contributed by atoms with van der Waals surface area (Å²) in [4.78, 5) is 49.5. The summed E-state index contributed by atoms with van der Waals surface area (Å²) in [6, 6.07) is 5.07. The van der Waals surface area contributed by atoms with E-state index in [2.05, 4.69) is 5.32 Å². The molecule has 1 fully saturated rings. The number of hydrogen-bond donors (Lipinski definition) is 1. The first-order valence-corrected chi connectivity index (χ1v) is 8.97. The number of hydrogen-bond acceptors (Lipinski definition) is 5. The number of amides is 3. The van der Waals surface area contributed by atoms with Crippen molar-refractivity contribution in [2.75, 3.05) is 18.5 Å². The number of nitrogens with one attached hydrogen (secondary N) is 1. The van der Waals surface area contributed by atoms with E-state index >= 15 is 0 Å². The molecule has 2 aliphatic rings. The smallest absolute Gasteiger partial charge is 0.326 e. The van der Waals surface area contributed by atoms with Crippen LogP contribution in [0.15, 0.2) is 30.4 Å². The van der Waals surface area contributed by atoms with Crippen LogP contribution in [0.5, 0.6) is 0 Å². The number of halogens is 1. The maximum atomic E-state index is 12.3. The van der Waals surface area contributed by atoms with Gasteiger partial charge in [0.25, 0.3) is 5.91 Å². The van der Waals surface area contributed by atoms with Gasteiger partial charge in [0, 0.05) is 10.7 Å². The highest BCUT2D eigenvalue weighted by Gasteiger charge is 2.47. The summed E-state index contributed by atoms with van der Waals surface area (Å²) < 4.78 is 4.91. The number of fused-ring (bicyclic) bond motifs is 1. The molecule has 7 nitrogen and oxygen atoms in total. The largest absolute Gasteiger partial charge is 0.454 e. The Morgan fingerprint density at radius 3 is 2.44 bits per heavy atom. The molecule has 0 saturated carbocycles. The number of ether oxygens (including phenoxy) is 1. The first kappa shape index (κ1) is 19.1. The molecule has 3 rings (SSSR count). The molecule has 1 aliphatic heterocycles. The van der Waals surface area contributed by atoms with Crippen LogP contribution in [0, 0.1) is 18.8 Å². The van der Waals surface area contributed by atoms with Crippen LogP contribution in [0.2, 0.25) is 5.02 Å². The molecule has 142 valence electrons. The van der Waals surface area contributed by atoms with E-state index in [0.29, 0.717) is 29.1 Å². The van der Waals surface area contributed by atoms with E-state index in [1.54, 1.807) is 25.1 Å². The summed E-state index contributed by atoms with van der Waals surface area (Å²) in [5.41, 5.74) is 1.22. The van der Waals surface area contributed by atoms with Gasteiger partial charge >= 0.3 is 5.97 Å². The predicted molar refractivity (Wildman–Crippen MR) is 97.9 cm³/mol. The summed E-state index contributed by atoms with van der Waals surface area (Å²) >= 11 is 5.99. The summed E-state index contributed by atoms with van der Waals surface area (Å²) in [7, 11) is 0. The van der Waals surface area contributed by atoms with Crippen molar-refractivity contribution >= 4 is 41.0 Å². The average Bonchev–Trinajstić information content (AvgIpc) is 2.89. The van der Waals surface area contributed by atoms with Crippen molar-refractivity contribution in [1.82, 2.24) is 4.90 Å². The third-order valence-corrected chi connectivity index (χ3v) is 5.20. The molecule has 1 saturated heterocycles. The fourth-order valence-corrected chi connectivity index (χ4v) is 3.45. The van der Waals surface area contributed by atoms with Crippen LogP contribution >= 0.6 is 11.6 Å². The molecule has 1 aromatic carbocycles. The van der Waals surface area contributed by atoms with E-state index in [1.807, 2.05) is 12.2 Å². The number of benzene rings is 1. The van der Waals surface area contributed by atoms with Crippen LogP contribution in [-0.4, -0.2) is 41.7 Å². The third-order valence-electron chi connectivity index (χ3n) is 4.79. The average molecular weight is 391 g/mol. The summed E-state index contributed by atoms with van der Waals surface area (Å²) in [5, 5.41) is 3.11. The molecule has 27 heavy (non-hydrogen) atoms. The maximum Gasteiger partial charge on any atom is 0.326 e. The summed E-state index contributed by atoms with van der Waals surface area (Å²) in [6.07, 6.45) is 4.75. The number of esters is 1. The van der Waals surface area contributed by atoms with Crippen LogP contribution in [0.25, 0.3) is 0 Å². The number of allylic oxidation sites excluding steroid dienone is 2. The standard InChI is InChI=1S/C19H19ClN2O5/c1-11-14(20)7-4-8-15(11)21-16(23)10-27-17(24)9-22-18(25)12-5-2-3-6-13(12)19(22)26/h2-4,7-8,12-13H,5-6,9-10H2,1H3,(H,21,23)/t12-,13+. The van der Waals surface area contributed by atoms with Crippen molar-refractivity contribution < 1.29 is 23.9 Å². The second-order valence-corrected chi connectivity index (χ2v) is 6.95. The zero-order chi connectivity index (χ0) is 19.6. The lowest BCUT2D eigenvalue weighted by molar-refractivity contribution is -0.154. The highest BCUT2D eigenvalue weighted by molar-refractivity contribution is 6.31. The van der Waals surface area contributed by atoms with Crippen molar-refractivity contribution in [3.63, 3.8) is 0 Å². The molecule has 1 aliphatic carbocycles. The van der Waals surface area contributed by atoms with Crippen molar-refractivity contribution in [3.05, 3.63) is 40.9 Å². The van der Waals surface area contributed by atoms with E-state index < -0.39 is 36.9 Å². The van der Waals surface area contributed by atoms with Crippen LogP contribution < -0.4 is 5.32 Å². The first-order chi connectivity index (χ1) is 12.9. The van der Waals surface area contributed by atoms with Gasteiger partial charge in [0.05, 0.1) is 11.8 Å². The third kappa shape index (κ3) is 4.03. The molecule has 0 bridgehead atoms. The molecule has 0 radical (unpaired) electrons. The minimum atomic E-state index is -0.804. The molecular formula is C19H19ClN2O5. The molecule has 0 unspecified atom stereocenters. The monoisotopic (exact) mass is 390 g/mol. The maximum absolute atomic E-state index is 12.3. The molecule has 1 heterocycles. The second-order valence-electron chi connectivity index (χ2n) is 6.54. The molecule has 1 aromatic rings.